The minimum atomic E-state index is -0.679. The second-order valence-corrected chi connectivity index (χ2v) is 7.64. The van der Waals surface area contributed by atoms with Crippen molar-refractivity contribution < 1.29 is 14.3 Å². The van der Waals surface area contributed by atoms with Gasteiger partial charge in [-0.15, -0.1) is 0 Å². The number of esters is 1. The van der Waals surface area contributed by atoms with Crippen molar-refractivity contribution in [2.75, 3.05) is 0 Å². The summed E-state index contributed by atoms with van der Waals surface area (Å²) in [5, 5.41) is 5.01. The summed E-state index contributed by atoms with van der Waals surface area (Å²) in [5.41, 5.74) is 2.98. The summed E-state index contributed by atoms with van der Waals surface area (Å²) in [6.45, 7) is 5.98. The third kappa shape index (κ3) is 5.23. The molecule has 0 unspecified atom stereocenters. The van der Waals surface area contributed by atoms with Gasteiger partial charge in [0, 0.05) is 0 Å². The third-order valence-electron chi connectivity index (χ3n) is 5.10. The molecule has 0 aliphatic carbocycles. The summed E-state index contributed by atoms with van der Waals surface area (Å²) in [5.74, 6) is -0.668. The van der Waals surface area contributed by atoms with E-state index in [0.29, 0.717) is 0 Å². The highest BCUT2D eigenvalue weighted by Gasteiger charge is 2.26. The van der Waals surface area contributed by atoms with Gasteiger partial charge in [0.2, 0.25) is 5.91 Å². The molecule has 0 bridgehead atoms. The molecule has 3 rings (SSSR count). The molecule has 0 saturated carbocycles. The van der Waals surface area contributed by atoms with Crippen LogP contribution in [0.4, 0.5) is 0 Å². The van der Waals surface area contributed by atoms with E-state index in [4.69, 9.17) is 4.74 Å². The van der Waals surface area contributed by atoms with Gasteiger partial charge >= 0.3 is 5.97 Å². The fraction of sp³-hybridized carbons (Fsp3) is 0.280. The maximum atomic E-state index is 12.7. The molecule has 0 heterocycles. The number of nitrogens with one attached hydrogen (secondary N) is 1. The lowest BCUT2D eigenvalue weighted by Gasteiger charge is -2.21. The van der Waals surface area contributed by atoms with Crippen molar-refractivity contribution in [3.8, 4) is 0 Å². The van der Waals surface area contributed by atoms with Gasteiger partial charge in [-0.2, -0.15) is 0 Å². The van der Waals surface area contributed by atoms with Crippen LogP contribution in [-0.4, -0.2) is 17.9 Å². The third-order valence-corrected chi connectivity index (χ3v) is 5.10. The lowest BCUT2D eigenvalue weighted by atomic mass is 10.0. The molecule has 3 aromatic carbocycles. The highest BCUT2D eigenvalue weighted by atomic mass is 16.5. The van der Waals surface area contributed by atoms with Crippen molar-refractivity contribution in [3.63, 3.8) is 0 Å². The Kier molecular flexibility index (Phi) is 6.65. The zero-order valence-electron chi connectivity index (χ0n) is 17.1. The van der Waals surface area contributed by atoms with Crippen LogP contribution in [0.1, 0.15) is 30.5 Å². The molecule has 1 amide bonds. The van der Waals surface area contributed by atoms with Crippen molar-refractivity contribution in [1.29, 1.82) is 0 Å². The Hall–Kier alpha value is -3.14. The van der Waals surface area contributed by atoms with Crippen molar-refractivity contribution in [3.05, 3.63) is 83.4 Å². The average molecular weight is 389 g/mol. The maximum Gasteiger partial charge on any atom is 0.329 e. The molecule has 3 aromatic rings. The van der Waals surface area contributed by atoms with E-state index in [1.165, 1.54) is 0 Å². The quantitative estimate of drug-likeness (QED) is 0.602. The molecular formula is C25H27NO3. The zero-order chi connectivity index (χ0) is 20.8. The number of carbonyl (C=O) groups is 2. The van der Waals surface area contributed by atoms with Gasteiger partial charge in [-0.25, -0.2) is 4.79 Å². The molecule has 0 aromatic heterocycles. The van der Waals surface area contributed by atoms with Gasteiger partial charge < -0.3 is 10.1 Å². The van der Waals surface area contributed by atoms with Gasteiger partial charge in [0.25, 0.3) is 0 Å². The minimum Gasteiger partial charge on any atom is -0.459 e. The van der Waals surface area contributed by atoms with Crippen LogP contribution in [-0.2, 0) is 27.4 Å². The number of ether oxygens (including phenoxy) is 1. The molecule has 0 radical (unpaired) electrons. The van der Waals surface area contributed by atoms with Crippen LogP contribution in [0.15, 0.2) is 66.7 Å². The fourth-order valence-corrected chi connectivity index (χ4v) is 3.35. The molecule has 1 N–H and O–H groups in total. The van der Waals surface area contributed by atoms with Gasteiger partial charge in [-0.3, -0.25) is 4.79 Å². The first kappa shape index (κ1) is 20.6. The number of benzene rings is 3. The fourth-order valence-electron chi connectivity index (χ4n) is 3.35. The summed E-state index contributed by atoms with van der Waals surface area (Å²) in [7, 11) is 0. The van der Waals surface area contributed by atoms with Crippen molar-refractivity contribution in [2.24, 2.45) is 5.92 Å². The SMILES string of the molecule is Cc1ccccc1COC(=O)[C@@H](NC(=O)Cc1cccc2ccccc12)C(C)C. The predicted octanol–water partition coefficient (Wildman–Crippen LogP) is 4.57. The standard InChI is InChI=1S/C25H27NO3/c1-17(2)24(25(28)29-16-21-11-5-4-9-18(21)3)26-23(27)15-20-13-8-12-19-10-6-7-14-22(19)20/h4-14,17,24H,15-16H2,1-3H3,(H,26,27)/t24-/m0/s1. The van der Waals surface area contributed by atoms with E-state index in [1.807, 2.05) is 87.5 Å². The summed E-state index contributed by atoms with van der Waals surface area (Å²) in [6, 6.07) is 21.0. The summed E-state index contributed by atoms with van der Waals surface area (Å²) < 4.78 is 5.50. The second kappa shape index (κ2) is 9.37. The first-order valence-corrected chi connectivity index (χ1v) is 9.93. The Balaban J connectivity index is 1.65. The predicted molar refractivity (Wildman–Crippen MR) is 115 cm³/mol. The molecule has 4 nitrogen and oxygen atoms in total. The molecule has 150 valence electrons. The molecule has 0 spiro atoms. The van der Waals surface area contributed by atoms with E-state index >= 15 is 0 Å². The summed E-state index contributed by atoms with van der Waals surface area (Å²) >= 11 is 0. The summed E-state index contributed by atoms with van der Waals surface area (Å²) in [6.07, 6.45) is 0.218. The van der Waals surface area contributed by atoms with Crippen molar-refractivity contribution >= 4 is 22.6 Å². The van der Waals surface area contributed by atoms with E-state index < -0.39 is 12.0 Å². The van der Waals surface area contributed by atoms with Crippen molar-refractivity contribution in [2.45, 2.75) is 39.8 Å². The molecule has 1 atom stereocenters. The van der Waals surface area contributed by atoms with E-state index in [1.54, 1.807) is 0 Å². The molecule has 29 heavy (non-hydrogen) atoms. The van der Waals surface area contributed by atoms with E-state index in [-0.39, 0.29) is 24.9 Å². The molecule has 4 heteroatoms. The zero-order valence-corrected chi connectivity index (χ0v) is 17.1. The number of rotatable bonds is 7. The van der Waals surface area contributed by atoms with Crippen LogP contribution < -0.4 is 5.32 Å². The summed E-state index contributed by atoms with van der Waals surface area (Å²) in [4.78, 5) is 25.3. The van der Waals surface area contributed by atoms with Gasteiger partial charge in [-0.1, -0.05) is 80.6 Å². The Bertz CT molecular complexity index is 1000. The highest BCUT2D eigenvalue weighted by molar-refractivity contribution is 5.91. The van der Waals surface area contributed by atoms with E-state index in [0.717, 1.165) is 27.5 Å². The van der Waals surface area contributed by atoms with Gasteiger partial charge in [0.1, 0.15) is 12.6 Å². The Morgan fingerprint density at radius 3 is 2.31 bits per heavy atom. The van der Waals surface area contributed by atoms with Gasteiger partial charge in [0.05, 0.1) is 6.42 Å². The molecular weight excluding hydrogens is 362 g/mol. The van der Waals surface area contributed by atoms with Crippen LogP contribution in [0.2, 0.25) is 0 Å². The number of hydrogen-bond acceptors (Lipinski definition) is 3. The van der Waals surface area contributed by atoms with E-state index in [9.17, 15) is 9.59 Å². The monoisotopic (exact) mass is 389 g/mol. The van der Waals surface area contributed by atoms with Gasteiger partial charge in [-0.05, 0) is 40.3 Å². The van der Waals surface area contributed by atoms with Crippen LogP contribution in [0.3, 0.4) is 0 Å². The van der Waals surface area contributed by atoms with Gasteiger partial charge in [0.15, 0.2) is 0 Å². The lowest BCUT2D eigenvalue weighted by Crippen LogP contribution is -2.45. The highest BCUT2D eigenvalue weighted by Crippen LogP contribution is 2.19. The Morgan fingerprint density at radius 2 is 1.55 bits per heavy atom. The van der Waals surface area contributed by atoms with Crippen LogP contribution >= 0.6 is 0 Å². The number of amides is 1. The first-order valence-electron chi connectivity index (χ1n) is 9.93. The largest absolute Gasteiger partial charge is 0.459 e. The lowest BCUT2D eigenvalue weighted by molar-refractivity contribution is -0.150. The van der Waals surface area contributed by atoms with Crippen molar-refractivity contribution in [1.82, 2.24) is 5.32 Å². The second-order valence-electron chi connectivity index (χ2n) is 7.64. The first-order chi connectivity index (χ1) is 14.0. The van der Waals surface area contributed by atoms with E-state index in [2.05, 4.69) is 5.32 Å². The number of hydrogen-bond donors (Lipinski definition) is 1. The smallest absolute Gasteiger partial charge is 0.329 e. The molecule has 0 saturated heterocycles. The maximum absolute atomic E-state index is 12.7. The Morgan fingerprint density at radius 1 is 0.897 bits per heavy atom. The van der Waals surface area contributed by atoms with Crippen LogP contribution in [0.5, 0.6) is 0 Å². The normalized spacial score (nSPS) is 12.0. The minimum absolute atomic E-state index is 0.0733. The molecule has 0 aliphatic rings. The number of fused-ring (bicyclic) bond motifs is 1. The topological polar surface area (TPSA) is 55.4 Å². The molecule has 0 aliphatic heterocycles. The van der Waals surface area contributed by atoms with Crippen LogP contribution in [0, 0.1) is 12.8 Å². The number of aryl methyl sites for hydroxylation is 1. The Labute approximate surface area is 171 Å². The average Bonchev–Trinajstić information content (AvgIpc) is 2.71. The number of carbonyl (C=O) groups excluding carboxylic acids is 2. The molecule has 0 fully saturated rings. The van der Waals surface area contributed by atoms with Crippen LogP contribution in [0.25, 0.3) is 10.8 Å².